The van der Waals surface area contributed by atoms with Gasteiger partial charge in [-0.2, -0.15) is 11.8 Å². The van der Waals surface area contributed by atoms with Crippen molar-refractivity contribution in [3.05, 3.63) is 26.6 Å². The smallest absolute Gasteiger partial charge is 0.259 e. The third kappa shape index (κ3) is 6.55. The Hall–Kier alpha value is -1.38. The number of aromatic amines is 1. The third-order valence-corrected chi connectivity index (χ3v) is 7.17. The summed E-state index contributed by atoms with van der Waals surface area (Å²) in [6.45, 7) is 4.30. The summed E-state index contributed by atoms with van der Waals surface area (Å²) in [4.78, 5) is 34.2. The van der Waals surface area contributed by atoms with Crippen LogP contribution in [0, 0.1) is 0 Å². The van der Waals surface area contributed by atoms with E-state index in [2.05, 4.69) is 22.2 Å². The number of amides is 1. The number of hydrogen-bond acceptors (Lipinski definition) is 6. The highest BCUT2D eigenvalue weighted by atomic mass is 32.2. The molecule has 0 fully saturated rings. The molecule has 0 aromatic carbocycles. The van der Waals surface area contributed by atoms with E-state index < -0.39 is 0 Å². The minimum atomic E-state index is -0.0103. The maximum Gasteiger partial charge on any atom is 0.259 e. The average molecular weight is 438 g/mol. The molecule has 0 atom stereocenters. The molecule has 0 radical (unpaired) electrons. The SMILES string of the molecule is CCCCOCCCNC(=O)CCSCc1nc2sc3c(c2c(=O)[nH]1)CCCC3. The number of nitrogens with one attached hydrogen (secondary N) is 2. The van der Waals surface area contributed by atoms with Crippen molar-refractivity contribution in [2.75, 3.05) is 25.5 Å². The van der Waals surface area contributed by atoms with Crippen LogP contribution in [0.15, 0.2) is 4.79 Å². The number of nitrogens with zero attached hydrogens (tertiary/aromatic N) is 1. The lowest BCUT2D eigenvalue weighted by molar-refractivity contribution is -0.120. The summed E-state index contributed by atoms with van der Waals surface area (Å²) in [6, 6.07) is 0. The van der Waals surface area contributed by atoms with E-state index >= 15 is 0 Å². The molecule has 29 heavy (non-hydrogen) atoms. The molecule has 1 aliphatic carbocycles. The van der Waals surface area contributed by atoms with Crippen molar-refractivity contribution in [3.63, 3.8) is 0 Å². The summed E-state index contributed by atoms with van der Waals surface area (Å²) in [5.74, 6) is 2.10. The van der Waals surface area contributed by atoms with Crippen LogP contribution in [0.5, 0.6) is 0 Å². The van der Waals surface area contributed by atoms with Gasteiger partial charge in [-0.05, 0) is 44.1 Å². The van der Waals surface area contributed by atoms with Gasteiger partial charge in [-0.25, -0.2) is 4.98 Å². The number of fused-ring (bicyclic) bond motifs is 3. The number of carbonyl (C=O) groups excluding carboxylic acids is 1. The van der Waals surface area contributed by atoms with Crippen LogP contribution in [-0.2, 0) is 28.1 Å². The molecule has 0 saturated heterocycles. The number of H-pyrrole nitrogens is 1. The van der Waals surface area contributed by atoms with E-state index in [1.54, 1.807) is 23.1 Å². The van der Waals surface area contributed by atoms with Crippen LogP contribution in [0.25, 0.3) is 10.2 Å². The lowest BCUT2D eigenvalue weighted by Gasteiger charge is -2.09. The molecular formula is C21H31N3O3S2. The summed E-state index contributed by atoms with van der Waals surface area (Å²) in [7, 11) is 0. The molecule has 160 valence electrons. The van der Waals surface area contributed by atoms with E-state index in [-0.39, 0.29) is 11.5 Å². The van der Waals surface area contributed by atoms with Crippen molar-refractivity contribution >= 4 is 39.2 Å². The maximum absolute atomic E-state index is 12.5. The lowest BCUT2D eigenvalue weighted by Crippen LogP contribution is -2.25. The van der Waals surface area contributed by atoms with Crippen molar-refractivity contribution in [1.82, 2.24) is 15.3 Å². The van der Waals surface area contributed by atoms with E-state index in [1.165, 1.54) is 16.9 Å². The Balaban J connectivity index is 1.37. The van der Waals surface area contributed by atoms with Gasteiger partial charge >= 0.3 is 0 Å². The van der Waals surface area contributed by atoms with Gasteiger partial charge in [-0.1, -0.05) is 13.3 Å². The van der Waals surface area contributed by atoms with Gasteiger partial charge in [0.05, 0.1) is 11.1 Å². The molecule has 6 nitrogen and oxygen atoms in total. The van der Waals surface area contributed by atoms with Crippen molar-refractivity contribution in [2.45, 2.75) is 64.0 Å². The number of thiophene rings is 1. The highest BCUT2D eigenvalue weighted by molar-refractivity contribution is 7.98. The first-order valence-corrected chi connectivity index (χ1v) is 12.6. The Morgan fingerprint density at radius 1 is 1.28 bits per heavy atom. The second-order valence-electron chi connectivity index (χ2n) is 7.38. The van der Waals surface area contributed by atoms with Crippen LogP contribution < -0.4 is 10.9 Å². The molecule has 0 spiro atoms. The van der Waals surface area contributed by atoms with E-state index in [9.17, 15) is 9.59 Å². The van der Waals surface area contributed by atoms with Gasteiger partial charge < -0.3 is 15.0 Å². The monoisotopic (exact) mass is 437 g/mol. The minimum Gasteiger partial charge on any atom is -0.381 e. The van der Waals surface area contributed by atoms with Gasteiger partial charge in [-0.3, -0.25) is 9.59 Å². The van der Waals surface area contributed by atoms with Gasteiger partial charge in [0.15, 0.2) is 0 Å². The first-order valence-electron chi connectivity index (χ1n) is 10.6. The minimum absolute atomic E-state index is 0.0103. The predicted octanol–water partition coefficient (Wildman–Crippen LogP) is 3.81. The second kappa shape index (κ2) is 11.7. The Kier molecular flexibility index (Phi) is 9.01. The zero-order valence-corrected chi connectivity index (χ0v) is 18.8. The summed E-state index contributed by atoms with van der Waals surface area (Å²) in [6.07, 6.45) is 7.97. The molecule has 0 saturated carbocycles. The summed E-state index contributed by atoms with van der Waals surface area (Å²) >= 11 is 3.30. The molecule has 3 rings (SSSR count). The maximum atomic E-state index is 12.5. The van der Waals surface area contributed by atoms with Gasteiger partial charge in [0.25, 0.3) is 5.56 Å². The number of ether oxygens (including phenoxy) is 1. The molecule has 2 aromatic heterocycles. The van der Waals surface area contributed by atoms with Crippen LogP contribution >= 0.6 is 23.1 Å². The van der Waals surface area contributed by atoms with E-state index in [0.29, 0.717) is 36.9 Å². The Bertz CT molecular complexity index is 863. The van der Waals surface area contributed by atoms with Crippen LogP contribution in [0.4, 0.5) is 0 Å². The lowest BCUT2D eigenvalue weighted by atomic mass is 9.97. The largest absolute Gasteiger partial charge is 0.381 e. The number of aromatic nitrogens is 2. The van der Waals surface area contributed by atoms with E-state index in [1.807, 2.05) is 0 Å². The Morgan fingerprint density at radius 2 is 2.10 bits per heavy atom. The standard InChI is InChI=1S/C21H31N3O3S2/c1-2-3-11-27-12-6-10-22-18(25)9-13-28-14-17-23-20(26)19-15-7-4-5-8-16(15)29-21(19)24-17/h2-14H2,1H3,(H,22,25)(H,23,24,26). The fourth-order valence-corrected chi connectivity index (χ4v) is 5.53. The van der Waals surface area contributed by atoms with Crippen LogP contribution in [0.3, 0.4) is 0 Å². The van der Waals surface area contributed by atoms with Gasteiger partial charge in [0.1, 0.15) is 10.7 Å². The van der Waals surface area contributed by atoms with Crippen molar-refractivity contribution in [3.8, 4) is 0 Å². The molecule has 8 heteroatoms. The zero-order valence-electron chi connectivity index (χ0n) is 17.2. The quantitative estimate of drug-likeness (QED) is 0.493. The molecule has 0 bridgehead atoms. The molecule has 0 unspecified atom stereocenters. The molecule has 2 N–H and O–H groups in total. The van der Waals surface area contributed by atoms with Gasteiger partial charge in [0.2, 0.25) is 5.91 Å². The Labute approximate surface area is 180 Å². The number of rotatable bonds is 12. The fraction of sp³-hybridized carbons (Fsp3) is 0.667. The number of thioether (sulfide) groups is 1. The molecule has 2 heterocycles. The van der Waals surface area contributed by atoms with Crippen molar-refractivity contribution in [1.29, 1.82) is 0 Å². The number of carbonyl (C=O) groups is 1. The summed E-state index contributed by atoms with van der Waals surface area (Å²) in [5, 5.41) is 3.73. The number of aryl methyl sites for hydroxylation is 2. The average Bonchev–Trinajstić information content (AvgIpc) is 3.09. The zero-order chi connectivity index (χ0) is 20.5. The summed E-state index contributed by atoms with van der Waals surface area (Å²) < 4.78 is 5.48. The predicted molar refractivity (Wildman–Crippen MR) is 121 cm³/mol. The molecule has 1 amide bonds. The van der Waals surface area contributed by atoms with Crippen LogP contribution in [0.1, 0.15) is 61.7 Å². The highest BCUT2D eigenvalue weighted by Gasteiger charge is 2.19. The van der Waals surface area contributed by atoms with Crippen molar-refractivity contribution in [2.24, 2.45) is 0 Å². The molecule has 1 aliphatic rings. The highest BCUT2D eigenvalue weighted by Crippen LogP contribution is 2.33. The van der Waals surface area contributed by atoms with Crippen LogP contribution in [-0.4, -0.2) is 41.4 Å². The number of hydrogen-bond donors (Lipinski definition) is 2. The topological polar surface area (TPSA) is 84.1 Å². The Morgan fingerprint density at radius 3 is 2.97 bits per heavy atom. The van der Waals surface area contributed by atoms with E-state index in [4.69, 9.17) is 4.74 Å². The molecule has 2 aromatic rings. The fourth-order valence-electron chi connectivity index (χ4n) is 3.45. The number of unbranched alkanes of at least 4 members (excludes halogenated alkanes) is 1. The first-order chi connectivity index (χ1) is 14.2. The van der Waals surface area contributed by atoms with Crippen LogP contribution in [0.2, 0.25) is 0 Å². The second-order valence-corrected chi connectivity index (χ2v) is 9.56. The third-order valence-electron chi connectivity index (χ3n) is 5.02. The molecular weight excluding hydrogens is 406 g/mol. The first kappa shape index (κ1) is 22.3. The van der Waals surface area contributed by atoms with Gasteiger partial charge in [-0.15, -0.1) is 11.3 Å². The molecule has 0 aliphatic heterocycles. The summed E-state index contributed by atoms with van der Waals surface area (Å²) in [5.41, 5.74) is 1.21. The van der Waals surface area contributed by atoms with E-state index in [0.717, 1.165) is 55.3 Å². The van der Waals surface area contributed by atoms with Gasteiger partial charge in [0, 0.05) is 36.8 Å². The normalized spacial score (nSPS) is 13.6. The van der Waals surface area contributed by atoms with Crippen molar-refractivity contribution < 1.29 is 9.53 Å².